The van der Waals surface area contributed by atoms with Crippen LogP contribution in [-0.4, -0.2) is 24.0 Å². The zero-order valence-electron chi connectivity index (χ0n) is 15.4. The Hall–Kier alpha value is -1.97. The molecule has 1 atom stereocenters. The van der Waals surface area contributed by atoms with Crippen LogP contribution in [-0.2, 0) is 12.8 Å². The Bertz CT molecular complexity index is 958. The van der Waals surface area contributed by atoms with E-state index in [-0.39, 0.29) is 11.0 Å². The first-order chi connectivity index (χ1) is 13.3. The third-order valence-electron chi connectivity index (χ3n) is 4.63. The van der Waals surface area contributed by atoms with Gasteiger partial charge in [-0.25, -0.2) is 0 Å². The molecule has 1 heterocycles. The summed E-state index contributed by atoms with van der Waals surface area (Å²) in [6.45, 7) is 2.19. The predicted octanol–water partition coefficient (Wildman–Crippen LogP) is 3.87. The lowest BCUT2D eigenvalue weighted by Gasteiger charge is -2.18. The summed E-state index contributed by atoms with van der Waals surface area (Å²) >= 11 is 10.1. The van der Waals surface area contributed by atoms with Crippen LogP contribution in [0.3, 0.4) is 0 Å². The van der Waals surface area contributed by atoms with Gasteiger partial charge in [-0.3, -0.25) is 14.9 Å². The van der Waals surface area contributed by atoms with Gasteiger partial charge in [0, 0.05) is 10.4 Å². The number of halogens is 1. The number of anilines is 1. The molecule has 1 aliphatic rings. The van der Waals surface area contributed by atoms with E-state index in [1.165, 1.54) is 11.3 Å². The van der Waals surface area contributed by atoms with E-state index in [9.17, 15) is 9.59 Å². The second-order valence-corrected chi connectivity index (χ2v) is 9.05. The lowest BCUT2D eigenvalue weighted by atomic mass is 9.88. The first-order valence-electron chi connectivity index (χ1n) is 8.70. The van der Waals surface area contributed by atoms with Crippen molar-refractivity contribution in [2.75, 3.05) is 12.4 Å². The molecule has 3 rings (SSSR count). The summed E-state index contributed by atoms with van der Waals surface area (Å²) in [7, 11) is 1.55. The monoisotopic (exact) mass is 481 g/mol. The number of rotatable bonds is 4. The molecule has 0 radical (unpaired) electrons. The Kier molecular flexibility index (Phi) is 6.36. The molecular weight excluding hydrogens is 462 g/mol. The number of thiophene rings is 1. The summed E-state index contributed by atoms with van der Waals surface area (Å²) in [5.74, 6) is 0.348. The number of ether oxygens (including phenoxy) is 1. The summed E-state index contributed by atoms with van der Waals surface area (Å²) in [5, 5.41) is 6.33. The smallest absolute Gasteiger partial charge is 0.257 e. The molecule has 1 aromatic heterocycles. The summed E-state index contributed by atoms with van der Waals surface area (Å²) in [6.07, 6.45) is 2.77. The molecule has 9 heteroatoms. The Morgan fingerprint density at radius 1 is 1.39 bits per heavy atom. The molecule has 0 spiro atoms. The van der Waals surface area contributed by atoms with E-state index in [2.05, 4.69) is 33.5 Å². The molecule has 0 saturated carbocycles. The average Bonchev–Trinajstić information content (AvgIpc) is 2.98. The number of primary amides is 1. The number of nitrogens with one attached hydrogen (secondary N) is 2. The van der Waals surface area contributed by atoms with Gasteiger partial charge in [0.1, 0.15) is 10.8 Å². The van der Waals surface area contributed by atoms with Crippen molar-refractivity contribution < 1.29 is 14.3 Å². The molecule has 28 heavy (non-hydrogen) atoms. The first kappa shape index (κ1) is 20.8. The molecule has 0 fully saturated rings. The number of fused-ring (bicyclic) bond motifs is 1. The number of methoxy groups -OCH3 is 1. The Morgan fingerprint density at radius 2 is 2.14 bits per heavy atom. The summed E-state index contributed by atoms with van der Waals surface area (Å²) in [5.41, 5.74) is 7.52. The van der Waals surface area contributed by atoms with Gasteiger partial charge in [-0.15, -0.1) is 11.3 Å². The maximum absolute atomic E-state index is 12.5. The highest BCUT2D eigenvalue weighted by Crippen LogP contribution is 2.39. The number of thiocarbonyl (C=S) groups is 1. The molecule has 1 aliphatic carbocycles. The van der Waals surface area contributed by atoms with Crippen molar-refractivity contribution in [2.45, 2.75) is 26.2 Å². The van der Waals surface area contributed by atoms with Gasteiger partial charge < -0.3 is 15.8 Å². The standard InChI is InChI=1S/C19H20BrN3O3S2/c1-9-3-5-11-14(7-9)28-18(15(11)16(21)24)23-19(27)22-17(25)10-4-6-13(26-2)12(20)8-10/h4,6,8-9H,3,5,7H2,1-2H3,(H2,21,24)(H2,22,23,25,27). The summed E-state index contributed by atoms with van der Waals surface area (Å²) in [6, 6.07) is 4.98. The van der Waals surface area contributed by atoms with Crippen LogP contribution in [0.4, 0.5) is 5.00 Å². The largest absolute Gasteiger partial charge is 0.496 e. The van der Waals surface area contributed by atoms with E-state index in [1.807, 2.05) is 0 Å². The number of amides is 2. The van der Waals surface area contributed by atoms with Crippen LogP contribution < -0.4 is 21.1 Å². The van der Waals surface area contributed by atoms with Crippen molar-refractivity contribution in [1.29, 1.82) is 0 Å². The zero-order chi connectivity index (χ0) is 20.4. The highest BCUT2D eigenvalue weighted by molar-refractivity contribution is 9.10. The fraction of sp³-hybridized carbons (Fsp3) is 0.316. The van der Waals surface area contributed by atoms with Gasteiger partial charge in [0.15, 0.2) is 5.11 Å². The van der Waals surface area contributed by atoms with Crippen molar-refractivity contribution in [1.82, 2.24) is 5.32 Å². The number of nitrogens with two attached hydrogens (primary N) is 1. The highest BCUT2D eigenvalue weighted by Gasteiger charge is 2.27. The van der Waals surface area contributed by atoms with Gasteiger partial charge in [-0.05, 0) is 77.1 Å². The van der Waals surface area contributed by atoms with Crippen LogP contribution in [0.2, 0.25) is 0 Å². The minimum Gasteiger partial charge on any atom is -0.496 e. The number of carbonyl (C=O) groups excluding carboxylic acids is 2. The molecule has 1 aromatic carbocycles. The maximum Gasteiger partial charge on any atom is 0.257 e. The van der Waals surface area contributed by atoms with Crippen LogP contribution in [0, 0.1) is 5.92 Å². The highest BCUT2D eigenvalue weighted by atomic mass is 79.9. The molecule has 0 aliphatic heterocycles. The van der Waals surface area contributed by atoms with E-state index >= 15 is 0 Å². The quantitative estimate of drug-likeness (QED) is 0.576. The molecule has 148 valence electrons. The van der Waals surface area contributed by atoms with Gasteiger partial charge in [0.25, 0.3) is 11.8 Å². The second-order valence-electron chi connectivity index (χ2n) is 6.68. The van der Waals surface area contributed by atoms with E-state index in [0.29, 0.717) is 32.3 Å². The lowest BCUT2D eigenvalue weighted by Crippen LogP contribution is -2.34. The molecule has 4 N–H and O–H groups in total. The van der Waals surface area contributed by atoms with Gasteiger partial charge in [0.2, 0.25) is 0 Å². The van der Waals surface area contributed by atoms with Crippen LogP contribution in [0.15, 0.2) is 22.7 Å². The van der Waals surface area contributed by atoms with Crippen molar-refractivity contribution in [2.24, 2.45) is 11.7 Å². The lowest BCUT2D eigenvalue weighted by molar-refractivity contribution is 0.0975. The third kappa shape index (κ3) is 4.37. The van der Waals surface area contributed by atoms with Crippen molar-refractivity contribution in [3.63, 3.8) is 0 Å². The number of hydrogen-bond acceptors (Lipinski definition) is 5. The molecule has 0 saturated heterocycles. The molecular formula is C19H20BrN3O3S2. The SMILES string of the molecule is COc1ccc(C(=O)NC(=S)Nc2sc3c(c2C(N)=O)CCC(C)C3)cc1Br. The molecule has 2 amide bonds. The maximum atomic E-state index is 12.5. The van der Waals surface area contributed by atoms with E-state index in [4.69, 9.17) is 22.7 Å². The predicted molar refractivity (Wildman–Crippen MR) is 118 cm³/mol. The van der Waals surface area contributed by atoms with Gasteiger partial charge in [-0.2, -0.15) is 0 Å². The molecule has 2 aromatic rings. The van der Waals surface area contributed by atoms with Crippen molar-refractivity contribution in [3.05, 3.63) is 44.2 Å². The van der Waals surface area contributed by atoms with Gasteiger partial charge in [0.05, 0.1) is 17.1 Å². The first-order valence-corrected chi connectivity index (χ1v) is 10.7. The van der Waals surface area contributed by atoms with Crippen LogP contribution in [0.5, 0.6) is 5.75 Å². The molecule has 0 bridgehead atoms. The Morgan fingerprint density at radius 3 is 2.79 bits per heavy atom. The van der Waals surface area contributed by atoms with Gasteiger partial charge in [-0.1, -0.05) is 6.92 Å². The number of benzene rings is 1. The zero-order valence-corrected chi connectivity index (χ0v) is 18.6. The van der Waals surface area contributed by atoms with E-state index in [0.717, 1.165) is 29.7 Å². The minimum atomic E-state index is -0.484. The molecule has 6 nitrogen and oxygen atoms in total. The summed E-state index contributed by atoms with van der Waals surface area (Å²) in [4.78, 5) is 25.6. The normalized spacial score (nSPS) is 15.5. The van der Waals surface area contributed by atoms with Crippen LogP contribution in [0.25, 0.3) is 0 Å². The fourth-order valence-corrected chi connectivity index (χ4v) is 5.44. The molecule has 1 unspecified atom stereocenters. The number of carbonyl (C=O) groups is 2. The van der Waals surface area contributed by atoms with E-state index in [1.54, 1.807) is 25.3 Å². The van der Waals surface area contributed by atoms with Gasteiger partial charge >= 0.3 is 0 Å². The fourth-order valence-electron chi connectivity index (χ4n) is 3.22. The third-order valence-corrected chi connectivity index (χ3v) is 6.62. The van der Waals surface area contributed by atoms with E-state index < -0.39 is 5.91 Å². The number of hydrogen-bond donors (Lipinski definition) is 3. The summed E-state index contributed by atoms with van der Waals surface area (Å²) < 4.78 is 5.83. The Balaban J connectivity index is 1.75. The van der Waals surface area contributed by atoms with Crippen LogP contribution in [0.1, 0.15) is 44.5 Å². The van der Waals surface area contributed by atoms with Crippen LogP contribution >= 0.6 is 39.5 Å². The average molecular weight is 482 g/mol. The van der Waals surface area contributed by atoms with Crippen molar-refractivity contribution >= 4 is 61.4 Å². The minimum absolute atomic E-state index is 0.117. The Labute approximate surface area is 181 Å². The topological polar surface area (TPSA) is 93.4 Å². The van der Waals surface area contributed by atoms with Crippen molar-refractivity contribution in [3.8, 4) is 5.75 Å². The second kappa shape index (κ2) is 8.59.